The molecule has 3 aromatic rings. The van der Waals surface area contributed by atoms with Crippen LogP contribution in [0.3, 0.4) is 0 Å². The molecular formula is C24H28N4O5. The first-order chi connectivity index (χ1) is 15.8. The van der Waals surface area contributed by atoms with Crippen LogP contribution in [0, 0.1) is 5.92 Å². The van der Waals surface area contributed by atoms with Crippen LogP contribution in [0.25, 0.3) is 16.9 Å². The second kappa shape index (κ2) is 10.6. The Hall–Kier alpha value is -3.88. The summed E-state index contributed by atoms with van der Waals surface area (Å²) < 4.78 is 6.74. The van der Waals surface area contributed by atoms with Crippen molar-refractivity contribution in [1.29, 1.82) is 0 Å². The zero-order chi connectivity index (χ0) is 24.0. The summed E-state index contributed by atoms with van der Waals surface area (Å²) in [4.78, 5) is 40.9. The van der Waals surface area contributed by atoms with Crippen molar-refractivity contribution in [2.45, 2.75) is 33.2 Å². The molecule has 0 fully saturated rings. The van der Waals surface area contributed by atoms with E-state index in [2.05, 4.69) is 15.6 Å². The zero-order valence-corrected chi connectivity index (χ0v) is 18.9. The number of nitrogens with one attached hydrogen (secondary N) is 2. The van der Waals surface area contributed by atoms with E-state index in [1.165, 1.54) is 0 Å². The van der Waals surface area contributed by atoms with E-state index in [4.69, 9.17) is 4.74 Å². The Bertz CT molecular complexity index is 1140. The molecular weight excluding hydrogens is 424 g/mol. The van der Waals surface area contributed by atoms with Gasteiger partial charge in [0.2, 0.25) is 0 Å². The van der Waals surface area contributed by atoms with Gasteiger partial charge in [-0.05, 0) is 25.0 Å². The number of benzene rings is 1. The molecule has 2 unspecified atom stereocenters. The molecule has 0 saturated heterocycles. The molecule has 1 aromatic carbocycles. The maximum absolute atomic E-state index is 12.8. The van der Waals surface area contributed by atoms with Crippen LogP contribution in [-0.2, 0) is 14.3 Å². The maximum Gasteiger partial charge on any atom is 0.326 e. The molecule has 2 atom stereocenters. The fourth-order valence-electron chi connectivity index (χ4n) is 3.43. The van der Waals surface area contributed by atoms with Crippen LogP contribution in [-0.4, -0.2) is 51.5 Å². The number of carbonyl (C=O) groups is 3. The molecule has 9 nitrogen and oxygen atoms in total. The lowest BCUT2D eigenvalue weighted by Crippen LogP contribution is -2.45. The summed E-state index contributed by atoms with van der Waals surface area (Å²) >= 11 is 0. The number of imidazole rings is 1. The van der Waals surface area contributed by atoms with Gasteiger partial charge in [0, 0.05) is 17.3 Å². The van der Waals surface area contributed by atoms with Gasteiger partial charge in [-0.25, -0.2) is 9.78 Å². The lowest BCUT2D eigenvalue weighted by atomic mass is 9.99. The number of esters is 1. The lowest BCUT2D eigenvalue weighted by molar-refractivity contribution is -0.141. The van der Waals surface area contributed by atoms with Gasteiger partial charge in [-0.2, -0.15) is 0 Å². The van der Waals surface area contributed by atoms with Crippen molar-refractivity contribution in [2.75, 3.05) is 18.5 Å². The minimum Gasteiger partial charge on any atom is -0.480 e. The third-order valence-corrected chi connectivity index (χ3v) is 5.41. The number of hydrogen-bond donors (Lipinski definition) is 3. The van der Waals surface area contributed by atoms with Gasteiger partial charge < -0.3 is 20.5 Å². The van der Waals surface area contributed by atoms with Crippen molar-refractivity contribution in [3.8, 4) is 11.3 Å². The van der Waals surface area contributed by atoms with Gasteiger partial charge >= 0.3 is 11.9 Å². The van der Waals surface area contributed by atoms with Gasteiger partial charge in [-0.3, -0.25) is 14.0 Å². The number of anilines is 1. The van der Waals surface area contributed by atoms with Crippen molar-refractivity contribution in [3.05, 3.63) is 54.2 Å². The minimum atomic E-state index is -1.07. The predicted octanol–water partition coefficient (Wildman–Crippen LogP) is 3.21. The van der Waals surface area contributed by atoms with Crippen LogP contribution in [0.5, 0.6) is 0 Å². The van der Waals surface area contributed by atoms with Crippen molar-refractivity contribution < 1.29 is 24.2 Å². The fourth-order valence-corrected chi connectivity index (χ4v) is 3.43. The first-order valence-corrected chi connectivity index (χ1v) is 10.9. The SMILES string of the molecule is CCOC(=O)CNc1c(-c2ccccc2)nc2cc(C(=O)NC(C(=O)O)C(C)CC)ccn12. The third-order valence-electron chi connectivity index (χ3n) is 5.41. The van der Waals surface area contributed by atoms with E-state index >= 15 is 0 Å². The highest BCUT2D eigenvalue weighted by atomic mass is 16.5. The first-order valence-electron chi connectivity index (χ1n) is 10.9. The summed E-state index contributed by atoms with van der Waals surface area (Å²) in [6.07, 6.45) is 2.28. The number of ether oxygens (including phenoxy) is 1. The number of carboxylic acid groups (broad SMARTS) is 1. The molecule has 0 saturated carbocycles. The second-order valence-electron chi connectivity index (χ2n) is 7.65. The summed E-state index contributed by atoms with van der Waals surface area (Å²) in [5.41, 5.74) is 2.21. The molecule has 0 aliphatic heterocycles. The Morgan fingerprint density at radius 1 is 1.15 bits per heavy atom. The van der Waals surface area contributed by atoms with E-state index in [1.807, 2.05) is 37.3 Å². The molecule has 33 heavy (non-hydrogen) atoms. The summed E-state index contributed by atoms with van der Waals surface area (Å²) in [5.74, 6) is -1.59. The van der Waals surface area contributed by atoms with Crippen LogP contribution < -0.4 is 10.6 Å². The van der Waals surface area contributed by atoms with Gasteiger partial charge in [0.05, 0.1) is 6.61 Å². The van der Waals surface area contributed by atoms with Crippen molar-refractivity contribution >= 4 is 29.3 Å². The first kappa shape index (κ1) is 23.8. The standard InChI is InChI=1S/C24H28N4O5/c1-4-15(3)20(24(31)32)27-23(30)17-11-12-28-18(13-17)26-21(16-9-7-6-8-10-16)22(28)25-14-19(29)33-5-2/h6-13,15,20,25H,4-5,14H2,1-3H3,(H,27,30)(H,31,32). The van der Waals surface area contributed by atoms with E-state index in [-0.39, 0.29) is 19.1 Å². The van der Waals surface area contributed by atoms with Crippen LogP contribution >= 0.6 is 0 Å². The number of amides is 1. The molecule has 0 spiro atoms. The molecule has 1 amide bonds. The number of hydrogen-bond acceptors (Lipinski definition) is 6. The van der Waals surface area contributed by atoms with E-state index < -0.39 is 23.9 Å². The maximum atomic E-state index is 12.8. The number of aliphatic carboxylic acids is 1. The highest BCUT2D eigenvalue weighted by Gasteiger charge is 2.26. The highest BCUT2D eigenvalue weighted by molar-refractivity contribution is 5.97. The second-order valence-corrected chi connectivity index (χ2v) is 7.65. The molecule has 3 rings (SSSR count). The number of fused-ring (bicyclic) bond motifs is 1. The smallest absolute Gasteiger partial charge is 0.326 e. The number of pyridine rings is 1. The van der Waals surface area contributed by atoms with Gasteiger partial charge in [-0.1, -0.05) is 50.6 Å². The largest absolute Gasteiger partial charge is 0.480 e. The Morgan fingerprint density at radius 3 is 2.52 bits per heavy atom. The molecule has 0 aliphatic rings. The molecule has 174 valence electrons. The topological polar surface area (TPSA) is 122 Å². The Labute approximate surface area is 191 Å². The lowest BCUT2D eigenvalue weighted by Gasteiger charge is -2.20. The van der Waals surface area contributed by atoms with Gasteiger partial charge in [0.25, 0.3) is 5.91 Å². The Balaban J connectivity index is 1.96. The zero-order valence-electron chi connectivity index (χ0n) is 18.9. The average Bonchev–Trinajstić information content (AvgIpc) is 3.18. The Morgan fingerprint density at radius 2 is 1.88 bits per heavy atom. The number of nitrogens with zero attached hydrogens (tertiary/aromatic N) is 2. The third kappa shape index (κ3) is 5.49. The number of carboxylic acids is 1. The quantitative estimate of drug-likeness (QED) is 0.404. The number of carbonyl (C=O) groups excluding carboxylic acids is 2. The van der Waals surface area contributed by atoms with Gasteiger partial charge in [0.1, 0.15) is 29.7 Å². The van der Waals surface area contributed by atoms with Gasteiger partial charge in [-0.15, -0.1) is 0 Å². The van der Waals surface area contributed by atoms with Crippen LogP contribution in [0.1, 0.15) is 37.6 Å². The summed E-state index contributed by atoms with van der Waals surface area (Å²) in [6, 6.07) is 11.6. The van der Waals surface area contributed by atoms with Crippen molar-refractivity contribution in [2.24, 2.45) is 5.92 Å². The fraction of sp³-hybridized carbons (Fsp3) is 0.333. The molecule has 0 bridgehead atoms. The average molecular weight is 453 g/mol. The normalized spacial score (nSPS) is 12.7. The van der Waals surface area contributed by atoms with Crippen LogP contribution in [0.15, 0.2) is 48.7 Å². The minimum absolute atomic E-state index is 0.0428. The van der Waals surface area contributed by atoms with E-state index in [0.29, 0.717) is 29.1 Å². The molecule has 3 N–H and O–H groups in total. The van der Waals surface area contributed by atoms with Crippen molar-refractivity contribution in [1.82, 2.24) is 14.7 Å². The van der Waals surface area contributed by atoms with Crippen molar-refractivity contribution in [3.63, 3.8) is 0 Å². The monoisotopic (exact) mass is 452 g/mol. The molecule has 2 aromatic heterocycles. The van der Waals surface area contributed by atoms with Gasteiger partial charge in [0.15, 0.2) is 0 Å². The number of rotatable bonds is 10. The highest BCUT2D eigenvalue weighted by Crippen LogP contribution is 2.29. The van der Waals surface area contributed by atoms with Crippen LogP contribution in [0.2, 0.25) is 0 Å². The summed E-state index contributed by atoms with van der Waals surface area (Å²) in [6.45, 7) is 5.64. The number of aromatic nitrogens is 2. The molecule has 0 aliphatic carbocycles. The summed E-state index contributed by atoms with van der Waals surface area (Å²) in [5, 5.41) is 15.2. The van der Waals surface area contributed by atoms with E-state index in [1.54, 1.807) is 36.6 Å². The Kier molecular flexibility index (Phi) is 7.66. The molecule has 9 heteroatoms. The molecule has 0 radical (unpaired) electrons. The van der Waals surface area contributed by atoms with Crippen LogP contribution in [0.4, 0.5) is 5.82 Å². The van der Waals surface area contributed by atoms with E-state index in [9.17, 15) is 19.5 Å². The predicted molar refractivity (Wildman–Crippen MR) is 124 cm³/mol. The summed E-state index contributed by atoms with van der Waals surface area (Å²) in [7, 11) is 0. The molecule has 2 heterocycles. The van der Waals surface area contributed by atoms with E-state index in [0.717, 1.165) is 5.56 Å².